The Morgan fingerprint density at radius 1 is 1.02 bits per heavy atom. The molecule has 11 nitrogen and oxygen atoms in total. The molecule has 1 aromatic carbocycles. The van der Waals surface area contributed by atoms with Gasteiger partial charge in [0.25, 0.3) is 5.91 Å². The molecule has 3 atom stereocenters. The van der Waals surface area contributed by atoms with E-state index >= 15 is 0 Å². The number of hydrogen-bond acceptors (Lipinski definition) is 8. The number of imidazole rings is 1. The molecule has 0 spiro atoms. The summed E-state index contributed by atoms with van der Waals surface area (Å²) in [5.41, 5.74) is 10.8. The van der Waals surface area contributed by atoms with E-state index in [1.165, 1.54) is 12.8 Å². The van der Waals surface area contributed by atoms with Gasteiger partial charge in [-0.15, -0.1) is 0 Å². The summed E-state index contributed by atoms with van der Waals surface area (Å²) in [6.45, 7) is 5.09. The van der Waals surface area contributed by atoms with Crippen LogP contribution in [0.1, 0.15) is 47.9 Å². The lowest BCUT2D eigenvalue weighted by atomic mass is 10.1. The SMILES string of the molecule is COc1cc(C(=O)N2CC3CCC2[C@@H]3N)cc2nc(-c3cc4cccnc4n3CC3CC3)n(C3CN(c4ccnc(C)n4)C3)c12. The maximum absolute atomic E-state index is 13.9. The maximum atomic E-state index is 13.9. The predicted molar refractivity (Wildman–Crippen MR) is 171 cm³/mol. The van der Waals surface area contributed by atoms with Crippen molar-refractivity contribution in [3.8, 4) is 17.3 Å². The van der Waals surface area contributed by atoms with Crippen LogP contribution < -0.4 is 15.4 Å². The standard InChI is InChI=1S/C34H37N9O2/c1-19-36-11-9-29(38-19)40-17-24(18-40)43-31-25(12-23(14-28(31)45-2)34(44)42-16-22-7-8-26(42)30(22)35)39-33(43)27-13-21-4-3-10-37-32(21)41(27)15-20-5-6-20/h3-4,9-14,20,22,24,26,30H,5-8,15-18,35H2,1-2H3/t22?,26?,30-/m1/s1. The Kier molecular flexibility index (Phi) is 5.97. The minimum Gasteiger partial charge on any atom is -0.494 e. The zero-order valence-electron chi connectivity index (χ0n) is 25.6. The molecule has 0 radical (unpaired) electrons. The minimum atomic E-state index is 0.00921. The van der Waals surface area contributed by atoms with E-state index in [-0.39, 0.29) is 24.0 Å². The number of hydrogen-bond donors (Lipinski definition) is 1. The smallest absolute Gasteiger partial charge is 0.254 e. The molecule has 2 aliphatic carbocycles. The van der Waals surface area contributed by atoms with E-state index < -0.39 is 0 Å². The van der Waals surface area contributed by atoms with E-state index in [0.717, 1.165) is 84.2 Å². The number of benzene rings is 1. The van der Waals surface area contributed by atoms with Gasteiger partial charge < -0.3 is 29.4 Å². The molecule has 11 heteroatoms. The minimum absolute atomic E-state index is 0.00921. The fourth-order valence-electron chi connectivity index (χ4n) is 7.90. The molecule has 2 N–H and O–H groups in total. The summed E-state index contributed by atoms with van der Waals surface area (Å²) < 4.78 is 10.7. The summed E-state index contributed by atoms with van der Waals surface area (Å²) in [6.07, 6.45) is 8.22. The Bertz CT molecular complexity index is 1970. The number of methoxy groups -OCH3 is 1. The van der Waals surface area contributed by atoms with Gasteiger partial charge in [-0.2, -0.15) is 0 Å². The first kappa shape index (κ1) is 26.9. The van der Waals surface area contributed by atoms with Crippen molar-refractivity contribution in [1.29, 1.82) is 0 Å². The number of anilines is 1. The Morgan fingerprint density at radius 2 is 1.89 bits per heavy atom. The van der Waals surface area contributed by atoms with Gasteiger partial charge in [-0.05, 0) is 80.8 Å². The summed E-state index contributed by atoms with van der Waals surface area (Å²) in [5, 5.41) is 1.10. The third-order valence-electron chi connectivity index (χ3n) is 10.5. The van der Waals surface area contributed by atoms with Crippen LogP contribution in [-0.2, 0) is 6.54 Å². The fraction of sp³-hybridized carbons (Fsp3) is 0.441. The first-order valence-corrected chi connectivity index (χ1v) is 16.1. The summed E-state index contributed by atoms with van der Waals surface area (Å²) in [7, 11) is 1.68. The highest BCUT2D eigenvalue weighted by molar-refractivity contribution is 6.00. The van der Waals surface area contributed by atoms with Gasteiger partial charge in [-0.1, -0.05) is 0 Å². The van der Waals surface area contributed by atoms with E-state index in [1.54, 1.807) is 7.11 Å². The molecule has 2 saturated heterocycles. The van der Waals surface area contributed by atoms with Crippen molar-refractivity contribution in [2.45, 2.75) is 57.3 Å². The fourth-order valence-corrected chi connectivity index (χ4v) is 7.90. The predicted octanol–water partition coefficient (Wildman–Crippen LogP) is 4.19. The Hall–Kier alpha value is -4.51. The third kappa shape index (κ3) is 4.23. The maximum Gasteiger partial charge on any atom is 0.254 e. The van der Waals surface area contributed by atoms with Crippen molar-refractivity contribution in [3.63, 3.8) is 0 Å². The van der Waals surface area contributed by atoms with Crippen molar-refractivity contribution in [2.24, 2.45) is 17.6 Å². The summed E-state index contributed by atoms with van der Waals surface area (Å²) in [5.74, 6) is 4.26. The van der Waals surface area contributed by atoms with Crippen LogP contribution in [0.3, 0.4) is 0 Å². The molecule has 2 unspecified atom stereocenters. The van der Waals surface area contributed by atoms with Gasteiger partial charge in [0, 0.05) is 61.6 Å². The van der Waals surface area contributed by atoms with Gasteiger partial charge in [0.1, 0.15) is 28.6 Å². The number of aromatic nitrogens is 6. The van der Waals surface area contributed by atoms with Crippen LogP contribution in [0.4, 0.5) is 5.82 Å². The molecule has 4 aliphatic rings. The molecule has 5 aromatic rings. The second-order valence-electron chi connectivity index (χ2n) is 13.3. The van der Waals surface area contributed by atoms with Crippen molar-refractivity contribution in [3.05, 3.63) is 60.2 Å². The van der Waals surface area contributed by atoms with Gasteiger partial charge >= 0.3 is 0 Å². The molecule has 9 rings (SSSR count). The zero-order chi connectivity index (χ0) is 30.4. The molecular weight excluding hydrogens is 566 g/mol. The molecule has 4 fully saturated rings. The Labute approximate surface area is 261 Å². The van der Waals surface area contributed by atoms with E-state index in [2.05, 4.69) is 36.1 Å². The van der Waals surface area contributed by atoms with Crippen LogP contribution in [0.2, 0.25) is 0 Å². The van der Waals surface area contributed by atoms with Crippen LogP contribution in [0.15, 0.2) is 48.8 Å². The number of amides is 1. The highest BCUT2D eigenvalue weighted by Crippen LogP contribution is 2.42. The molecule has 45 heavy (non-hydrogen) atoms. The molecule has 2 aliphatic heterocycles. The van der Waals surface area contributed by atoms with Crippen LogP contribution in [0, 0.1) is 18.8 Å². The molecular formula is C34H37N9O2. The lowest BCUT2D eigenvalue weighted by molar-refractivity contribution is 0.0700. The van der Waals surface area contributed by atoms with Crippen LogP contribution in [0.25, 0.3) is 33.6 Å². The van der Waals surface area contributed by atoms with Gasteiger partial charge in [-0.3, -0.25) is 4.79 Å². The Balaban J connectivity index is 1.19. The lowest BCUT2D eigenvalue weighted by Crippen LogP contribution is -2.48. The third-order valence-corrected chi connectivity index (χ3v) is 10.5. The first-order chi connectivity index (χ1) is 22.0. The lowest BCUT2D eigenvalue weighted by Gasteiger charge is -2.41. The molecule has 6 heterocycles. The van der Waals surface area contributed by atoms with Gasteiger partial charge in [0.05, 0.1) is 24.4 Å². The number of carbonyl (C=O) groups excluding carboxylic acids is 1. The summed E-state index contributed by atoms with van der Waals surface area (Å²) in [6, 6.07) is 12.4. The first-order valence-electron chi connectivity index (χ1n) is 16.1. The number of nitrogens with zero attached hydrogens (tertiary/aromatic N) is 8. The van der Waals surface area contributed by atoms with Gasteiger partial charge in [0.15, 0.2) is 5.82 Å². The number of rotatable bonds is 7. The number of ether oxygens (including phenoxy) is 1. The average Bonchev–Trinajstić information content (AvgIpc) is 3.37. The number of nitrogens with two attached hydrogens (primary N) is 1. The number of fused-ring (bicyclic) bond motifs is 4. The summed E-state index contributed by atoms with van der Waals surface area (Å²) in [4.78, 5) is 37.2. The van der Waals surface area contributed by atoms with Gasteiger partial charge in [0.2, 0.25) is 0 Å². The summed E-state index contributed by atoms with van der Waals surface area (Å²) >= 11 is 0. The van der Waals surface area contributed by atoms with Crippen LogP contribution in [0.5, 0.6) is 5.75 Å². The molecule has 230 valence electrons. The van der Waals surface area contributed by atoms with E-state index in [4.69, 9.17) is 20.4 Å². The van der Waals surface area contributed by atoms with Crippen LogP contribution >= 0.6 is 0 Å². The molecule has 2 saturated carbocycles. The highest BCUT2D eigenvalue weighted by atomic mass is 16.5. The second-order valence-corrected chi connectivity index (χ2v) is 13.3. The number of aryl methyl sites for hydroxylation is 1. The number of likely N-dealkylation sites (tertiary alicyclic amines) is 1. The number of piperidine rings is 1. The van der Waals surface area contributed by atoms with E-state index in [9.17, 15) is 4.79 Å². The largest absolute Gasteiger partial charge is 0.494 e. The second kappa shape index (κ2) is 10.00. The normalized spacial score (nSPS) is 23.0. The van der Waals surface area contributed by atoms with E-state index in [1.807, 2.05) is 48.5 Å². The Morgan fingerprint density at radius 3 is 2.62 bits per heavy atom. The quantitative estimate of drug-likeness (QED) is 0.294. The van der Waals surface area contributed by atoms with Crippen molar-refractivity contribution >= 4 is 33.8 Å². The zero-order valence-corrected chi connectivity index (χ0v) is 25.6. The topological polar surface area (TPSA) is 120 Å². The van der Waals surface area contributed by atoms with Gasteiger partial charge in [-0.25, -0.2) is 19.9 Å². The highest BCUT2D eigenvalue weighted by Gasteiger charge is 2.47. The monoisotopic (exact) mass is 603 g/mol. The van der Waals surface area contributed by atoms with Crippen LogP contribution in [-0.4, -0.2) is 78.7 Å². The molecule has 4 aromatic heterocycles. The molecule has 2 bridgehead atoms. The average molecular weight is 604 g/mol. The van der Waals surface area contributed by atoms with E-state index in [0.29, 0.717) is 23.1 Å². The van der Waals surface area contributed by atoms with Crippen molar-refractivity contribution in [1.82, 2.24) is 34.0 Å². The number of pyridine rings is 1. The van der Waals surface area contributed by atoms with Crippen molar-refractivity contribution < 1.29 is 9.53 Å². The number of carbonyl (C=O) groups is 1. The molecule has 1 amide bonds. The van der Waals surface area contributed by atoms with Crippen molar-refractivity contribution in [2.75, 3.05) is 31.6 Å².